The lowest BCUT2D eigenvalue weighted by molar-refractivity contribution is -0.146. The fraction of sp³-hybridized carbons (Fsp3) is 0.588. The van der Waals surface area contributed by atoms with Gasteiger partial charge < -0.3 is 10.1 Å². The Kier molecular flexibility index (Phi) is 3.95. The van der Waals surface area contributed by atoms with E-state index < -0.39 is 0 Å². The third-order valence-electron chi connectivity index (χ3n) is 4.87. The second kappa shape index (κ2) is 5.86. The maximum absolute atomic E-state index is 12.2. The minimum atomic E-state index is -0.0671. The van der Waals surface area contributed by atoms with Crippen molar-refractivity contribution in [2.75, 3.05) is 12.4 Å². The molecule has 1 heterocycles. The van der Waals surface area contributed by atoms with Crippen molar-refractivity contribution in [3.8, 4) is 0 Å². The number of anilines is 1. The first-order valence-corrected chi connectivity index (χ1v) is 7.72. The molecular weight excluding hydrogens is 250 g/mol. The zero-order chi connectivity index (χ0) is 13.9. The average molecular weight is 273 g/mol. The predicted molar refractivity (Wildman–Crippen MR) is 79.6 cm³/mol. The molecule has 1 saturated carbocycles. The van der Waals surface area contributed by atoms with Crippen LogP contribution in [0.2, 0.25) is 0 Å². The molecule has 1 aromatic rings. The highest BCUT2D eigenvalue weighted by Crippen LogP contribution is 2.37. The average Bonchev–Trinajstić information content (AvgIpc) is 2.53. The Morgan fingerprint density at radius 2 is 1.95 bits per heavy atom. The summed E-state index contributed by atoms with van der Waals surface area (Å²) in [5, 5.41) is 3.63. The maximum atomic E-state index is 12.2. The van der Waals surface area contributed by atoms with E-state index in [0.717, 1.165) is 6.42 Å². The van der Waals surface area contributed by atoms with Crippen molar-refractivity contribution >= 4 is 11.7 Å². The number of ether oxygens (including phenoxy) is 1. The van der Waals surface area contributed by atoms with Gasteiger partial charge in [0.05, 0.1) is 13.0 Å². The summed E-state index contributed by atoms with van der Waals surface area (Å²) in [4.78, 5) is 12.2. The molecular formula is C17H23NO2. The summed E-state index contributed by atoms with van der Waals surface area (Å²) in [6.07, 6.45) is 7.18. The zero-order valence-electron chi connectivity index (χ0n) is 12.1. The van der Waals surface area contributed by atoms with Crippen molar-refractivity contribution in [1.82, 2.24) is 0 Å². The quantitative estimate of drug-likeness (QED) is 0.839. The molecule has 0 unspecified atom stereocenters. The lowest BCUT2D eigenvalue weighted by Gasteiger charge is -2.39. The minimum Gasteiger partial charge on any atom is -0.469 e. The van der Waals surface area contributed by atoms with Crippen LogP contribution in [-0.2, 0) is 16.0 Å². The molecule has 1 N–H and O–H groups in total. The van der Waals surface area contributed by atoms with Crippen LogP contribution in [0.25, 0.3) is 0 Å². The Bertz CT molecular complexity index is 480. The first kappa shape index (κ1) is 13.5. The molecule has 3 heteroatoms. The van der Waals surface area contributed by atoms with Gasteiger partial charge in [-0.15, -0.1) is 0 Å². The number of carbonyl (C=O) groups excluding carboxylic acids is 1. The van der Waals surface area contributed by atoms with E-state index in [1.165, 1.54) is 50.5 Å². The number of carbonyl (C=O) groups is 1. The van der Waals surface area contributed by atoms with Crippen molar-refractivity contribution in [3.63, 3.8) is 0 Å². The van der Waals surface area contributed by atoms with Gasteiger partial charge in [-0.05, 0) is 36.8 Å². The molecule has 0 spiro atoms. The minimum absolute atomic E-state index is 0.0435. The van der Waals surface area contributed by atoms with Crippen molar-refractivity contribution in [3.05, 3.63) is 29.8 Å². The standard InChI is InChI=1S/C17H23NO2/c1-20-17(19)14-11-13-9-5-6-10-15(13)18-16(14)12-7-3-2-4-8-12/h5-6,9-10,12,14,16,18H,2-4,7-8,11H2,1H3/t14-,16-/m1/s1. The number of hydrogen-bond acceptors (Lipinski definition) is 3. The van der Waals surface area contributed by atoms with Crippen molar-refractivity contribution in [2.24, 2.45) is 11.8 Å². The van der Waals surface area contributed by atoms with Crippen molar-refractivity contribution < 1.29 is 9.53 Å². The maximum Gasteiger partial charge on any atom is 0.311 e. The van der Waals surface area contributed by atoms with Crippen LogP contribution in [-0.4, -0.2) is 19.1 Å². The highest BCUT2D eigenvalue weighted by Gasteiger charge is 2.38. The molecule has 20 heavy (non-hydrogen) atoms. The molecule has 1 fully saturated rings. The number of methoxy groups -OCH3 is 1. The summed E-state index contributed by atoms with van der Waals surface area (Å²) in [6, 6.07) is 8.56. The number of rotatable bonds is 2. The molecule has 0 amide bonds. The number of benzene rings is 1. The molecule has 0 bridgehead atoms. The topological polar surface area (TPSA) is 38.3 Å². The largest absolute Gasteiger partial charge is 0.469 e. The molecule has 0 aromatic heterocycles. The van der Waals surface area contributed by atoms with Crippen LogP contribution in [0.15, 0.2) is 24.3 Å². The molecule has 1 aromatic carbocycles. The summed E-state index contributed by atoms with van der Waals surface area (Å²) in [5.41, 5.74) is 2.43. The molecule has 3 nitrogen and oxygen atoms in total. The number of nitrogens with one attached hydrogen (secondary N) is 1. The predicted octanol–water partition coefficient (Wildman–Crippen LogP) is 3.39. The second-order valence-corrected chi connectivity index (χ2v) is 6.06. The third-order valence-corrected chi connectivity index (χ3v) is 4.87. The van der Waals surface area contributed by atoms with E-state index in [1.54, 1.807) is 0 Å². The Morgan fingerprint density at radius 3 is 2.70 bits per heavy atom. The Balaban J connectivity index is 1.87. The summed E-state index contributed by atoms with van der Waals surface area (Å²) in [6.45, 7) is 0. The van der Waals surface area contributed by atoms with Gasteiger partial charge in [-0.25, -0.2) is 0 Å². The van der Waals surface area contributed by atoms with Gasteiger partial charge in [-0.1, -0.05) is 37.5 Å². The molecule has 2 atom stereocenters. The van der Waals surface area contributed by atoms with Gasteiger partial charge >= 0.3 is 5.97 Å². The van der Waals surface area contributed by atoms with E-state index in [1.807, 2.05) is 6.07 Å². The van der Waals surface area contributed by atoms with Gasteiger partial charge in [0, 0.05) is 11.7 Å². The molecule has 0 radical (unpaired) electrons. The van der Waals surface area contributed by atoms with Gasteiger partial charge in [-0.3, -0.25) is 4.79 Å². The van der Waals surface area contributed by atoms with Crippen LogP contribution in [0.4, 0.5) is 5.69 Å². The fourth-order valence-electron chi connectivity index (χ4n) is 3.80. The van der Waals surface area contributed by atoms with Crippen LogP contribution in [0.1, 0.15) is 37.7 Å². The normalized spacial score (nSPS) is 26.4. The summed E-state index contributed by atoms with van der Waals surface area (Å²) < 4.78 is 5.05. The summed E-state index contributed by atoms with van der Waals surface area (Å²) in [7, 11) is 1.50. The van der Waals surface area contributed by atoms with E-state index in [9.17, 15) is 4.79 Å². The number of para-hydroxylation sites is 1. The van der Waals surface area contributed by atoms with Crippen molar-refractivity contribution in [2.45, 2.75) is 44.6 Å². The second-order valence-electron chi connectivity index (χ2n) is 6.06. The van der Waals surface area contributed by atoms with E-state index in [2.05, 4.69) is 23.5 Å². The zero-order valence-corrected chi connectivity index (χ0v) is 12.1. The lowest BCUT2D eigenvalue weighted by Crippen LogP contribution is -2.45. The van der Waals surface area contributed by atoms with Crippen LogP contribution < -0.4 is 5.32 Å². The van der Waals surface area contributed by atoms with Crippen LogP contribution in [0.3, 0.4) is 0 Å². The highest BCUT2D eigenvalue weighted by molar-refractivity contribution is 5.76. The monoisotopic (exact) mass is 273 g/mol. The van der Waals surface area contributed by atoms with E-state index in [-0.39, 0.29) is 17.9 Å². The highest BCUT2D eigenvalue weighted by atomic mass is 16.5. The fourth-order valence-corrected chi connectivity index (χ4v) is 3.80. The van der Waals surface area contributed by atoms with Gasteiger partial charge in [0.15, 0.2) is 0 Å². The van der Waals surface area contributed by atoms with Crippen molar-refractivity contribution in [1.29, 1.82) is 0 Å². The summed E-state index contributed by atoms with van der Waals surface area (Å²) in [5.74, 6) is 0.488. The van der Waals surface area contributed by atoms with Gasteiger partial charge in [0.25, 0.3) is 0 Å². The number of esters is 1. The van der Waals surface area contributed by atoms with Crippen LogP contribution >= 0.6 is 0 Å². The Hall–Kier alpha value is -1.51. The van der Waals surface area contributed by atoms with E-state index in [0.29, 0.717) is 5.92 Å². The molecule has 1 aliphatic heterocycles. The number of fused-ring (bicyclic) bond motifs is 1. The molecule has 108 valence electrons. The smallest absolute Gasteiger partial charge is 0.311 e. The lowest BCUT2D eigenvalue weighted by atomic mass is 9.75. The van der Waals surface area contributed by atoms with Gasteiger partial charge in [0.2, 0.25) is 0 Å². The van der Waals surface area contributed by atoms with E-state index in [4.69, 9.17) is 4.74 Å². The summed E-state index contributed by atoms with van der Waals surface area (Å²) >= 11 is 0. The molecule has 3 rings (SSSR count). The SMILES string of the molecule is COC(=O)[C@@H]1Cc2ccccc2N[C@@H]1C1CCCCC1. The van der Waals surface area contributed by atoms with E-state index >= 15 is 0 Å². The van der Waals surface area contributed by atoms with Crippen LogP contribution in [0.5, 0.6) is 0 Å². The third kappa shape index (κ3) is 2.54. The van der Waals surface area contributed by atoms with Gasteiger partial charge in [0.1, 0.15) is 0 Å². The Morgan fingerprint density at radius 1 is 1.20 bits per heavy atom. The molecule has 1 aliphatic carbocycles. The van der Waals surface area contributed by atoms with Crippen LogP contribution in [0, 0.1) is 11.8 Å². The molecule has 0 saturated heterocycles. The first-order valence-electron chi connectivity index (χ1n) is 7.72. The van der Waals surface area contributed by atoms with Gasteiger partial charge in [-0.2, -0.15) is 0 Å². The molecule has 2 aliphatic rings. The first-order chi connectivity index (χ1) is 9.79. The Labute approximate surface area is 120 Å². The number of hydrogen-bond donors (Lipinski definition) is 1.